The van der Waals surface area contributed by atoms with E-state index in [1.807, 2.05) is 13.8 Å². The van der Waals surface area contributed by atoms with Gasteiger partial charge in [0.15, 0.2) is 0 Å². The van der Waals surface area contributed by atoms with E-state index in [2.05, 4.69) is 6.58 Å². The molecule has 0 bridgehead atoms. The number of aliphatic hydroxyl groups excluding tert-OH is 1. The lowest BCUT2D eigenvalue weighted by Gasteiger charge is -2.04. The van der Waals surface area contributed by atoms with Crippen molar-refractivity contribution >= 4 is 0 Å². The fourth-order valence-corrected chi connectivity index (χ4v) is 0.385. The second-order valence-corrected chi connectivity index (χ2v) is 2.08. The van der Waals surface area contributed by atoms with Crippen LogP contribution in [-0.4, -0.2) is 11.7 Å². The Morgan fingerprint density at radius 2 is 2.00 bits per heavy atom. The Hall–Kier alpha value is -0.300. The molecule has 0 saturated heterocycles. The Morgan fingerprint density at radius 1 is 1.50 bits per heavy atom. The first-order chi connectivity index (χ1) is 3.68. The van der Waals surface area contributed by atoms with Crippen LogP contribution < -0.4 is 0 Å². The van der Waals surface area contributed by atoms with Gasteiger partial charge in [-0.25, -0.2) is 0 Å². The molecule has 47 valence electrons. The number of aliphatic hydroxyl groups is 1. The van der Waals surface area contributed by atoms with Gasteiger partial charge in [0.2, 0.25) is 0 Å². The maximum Gasteiger partial charge on any atom is 0.0468 e. The van der Waals surface area contributed by atoms with Crippen molar-refractivity contribution in [2.45, 2.75) is 20.3 Å². The van der Waals surface area contributed by atoms with E-state index in [1.165, 1.54) is 5.92 Å². The van der Waals surface area contributed by atoms with Crippen LogP contribution in [0.15, 0.2) is 12.2 Å². The smallest absolute Gasteiger partial charge is 0.0468 e. The highest BCUT2D eigenvalue weighted by atomic mass is 16.2. The van der Waals surface area contributed by atoms with Gasteiger partial charge >= 0.3 is 0 Å². The molecule has 1 nitrogen and oxygen atoms in total. The molecule has 0 spiro atoms. The summed E-state index contributed by atoms with van der Waals surface area (Å²) in [6, 6.07) is 0. The summed E-state index contributed by atoms with van der Waals surface area (Å²) in [6.07, 6.45) is 0.711. The molecule has 0 aliphatic heterocycles. The molecule has 0 unspecified atom stereocenters. The van der Waals surface area contributed by atoms with Gasteiger partial charge in [0.25, 0.3) is 0 Å². The molecule has 0 aromatic rings. The van der Waals surface area contributed by atoms with Crippen LogP contribution in [0.2, 0.25) is 0 Å². The Bertz CT molecular complexity index is 74.5. The lowest BCUT2D eigenvalue weighted by molar-refractivity contribution is 0.299. The van der Waals surface area contributed by atoms with Gasteiger partial charge < -0.3 is 5.11 Å². The molecule has 0 aliphatic carbocycles. The Labute approximate surface area is 51.0 Å². The highest BCUT2D eigenvalue weighted by molar-refractivity contribution is 5.15. The average Bonchev–Trinajstić information content (AvgIpc) is 1.67. The van der Waals surface area contributed by atoms with Crippen LogP contribution in [0.25, 0.3) is 0 Å². The van der Waals surface area contributed by atoms with Crippen LogP contribution in [0.3, 0.4) is 0 Å². The average molecular weight is 113 g/mol. The zero-order valence-electron chi connectivity index (χ0n) is 5.57. The van der Waals surface area contributed by atoms with Crippen LogP contribution >= 0.6 is 0 Å². The summed E-state index contributed by atoms with van der Waals surface area (Å²) in [5.74, 6) is 1.21. The zero-order chi connectivity index (χ0) is 6.57. The Morgan fingerprint density at radius 3 is 2.12 bits per heavy atom. The number of rotatable bonds is 3. The molecule has 0 atom stereocenters. The third-order valence-electron chi connectivity index (χ3n) is 1.12. The molecule has 0 rings (SSSR count). The molecule has 1 radical (unpaired) electrons. The second kappa shape index (κ2) is 3.67. The van der Waals surface area contributed by atoms with Crippen molar-refractivity contribution in [2.24, 2.45) is 0 Å². The first kappa shape index (κ1) is 7.70. The number of hydrogen-bond acceptors (Lipinski definition) is 1. The summed E-state index contributed by atoms with van der Waals surface area (Å²) < 4.78 is 0. The van der Waals surface area contributed by atoms with Gasteiger partial charge in [-0.1, -0.05) is 26.0 Å². The molecule has 0 aromatic heterocycles. The fourth-order valence-electron chi connectivity index (χ4n) is 0.385. The van der Waals surface area contributed by atoms with Crippen molar-refractivity contribution < 1.29 is 5.11 Å². The van der Waals surface area contributed by atoms with Crippen molar-refractivity contribution in [3.63, 3.8) is 0 Å². The van der Waals surface area contributed by atoms with Crippen LogP contribution in [-0.2, 0) is 0 Å². The Balaban J connectivity index is 3.33. The number of hydrogen-bond donors (Lipinski definition) is 1. The first-order valence-electron chi connectivity index (χ1n) is 2.77. The van der Waals surface area contributed by atoms with Gasteiger partial charge in [-0.3, -0.25) is 0 Å². The van der Waals surface area contributed by atoms with Gasteiger partial charge in [0, 0.05) is 6.61 Å². The van der Waals surface area contributed by atoms with Crippen LogP contribution in [0.1, 0.15) is 20.3 Å². The maximum absolute atomic E-state index is 8.41. The minimum atomic E-state index is 0.212. The standard InChI is InChI=1S/C7H13O/c1-6(2)7(3)4-5-8/h8H,3-5H2,1-2H3. The summed E-state index contributed by atoms with van der Waals surface area (Å²) in [5, 5.41) is 8.41. The summed E-state index contributed by atoms with van der Waals surface area (Å²) in [4.78, 5) is 0. The van der Waals surface area contributed by atoms with Crippen LogP contribution in [0.5, 0.6) is 0 Å². The van der Waals surface area contributed by atoms with E-state index in [0.717, 1.165) is 5.57 Å². The predicted molar refractivity (Wildman–Crippen MR) is 35.4 cm³/mol. The van der Waals surface area contributed by atoms with Gasteiger partial charge in [-0.15, -0.1) is 0 Å². The van der Waals surface area contributed by atoms with E-state index in [4.69, 9.17) is 5.11 Å². The molecule has 0 fully saturated rings. The minimum Gasteiger partial charge on any atom is -0.396 e. The monoisotopic (exact) mass is 113 g/mol. The van der Waals surface area contributed by atoms with Gasteiger partial charge in [-0.05, 0) is 12.3 Å². The first-order valence-corrected chi connectivity index (χ1v) is 2.77. The van der Waals surface area contributed by atoms with Crippen molar-refractivity contribution in [1.82, 2.24) is 0 Å². The van der Waals surface area contributed by atoms with E-state index in [-0.39, 0.29) is 6.61 Å². The molecule has 1 heteroatoms. The summed E-state index contributed by atoms with van der Waals surface area (Å²) in [5.41, 5.74) is 1.05. The maximum atomic E-state index is 8.41. The summed E-state index contributed by atoms with van der Waals surface area (Å²) in [6.45, 7) is 7.96. The molecular weight excluding hydrogens is 100 g/mol. The highest BCUT2D eigenvalue weighted by Gasteiger charge is 1.97. The second-order valence-electron chi connectivity index (χ2n) is 2.08. The zero-order valence-corrected chi connectivity index (χ0v) is 5.57. The molecule has 0 saturated carbocycles. The normalized spacial score (nSPS) is 10.0. The topological polar surface area (TPSA) is 20.2 Å². The van der Waals surface area contributed by atoms with Crippen molar-refractivity contribution in [2.75, 3.05) is 6.61 Å². The van der Waals surface area contributed by atoms with Gasteiger partial charge in [0.1, 0.15) is 0 Å². The highest BCUT2D eigenvalue weighted by Crippen LogP contribution is 2.11. The van der Waals surface area contributed by atoms with E-state index >= 15 is 0 Å². The SMILES string of the molecule is C=C(CCO)[C](C)C. The molecule has 8 heavy (non-hydrogen) atoms. The lowest BCUT2D eigenvalue weighted by atomic mass is 10.0. The lowest BCUT2D eigenvalue weighted by Crippen LogP contribution is -1.92. The van der Waals surface area contributed by atoms with E-state index in [1.54, 1.807) is 0 Å². The molecular formula is C7H13O. The molecule has 0 heterocycles. The van der Waals surface area contributed by atoms with Crippen LogP contribution in [0, 0.1) is 5.92 Å². The molecule has 0 amide bonds. The molecule has 1 N–H and O–H groups in total. The minimum absolute atomic E-state index is 0.212. The Kier molecular flexibility index (Phi) is 3.53. The van der Waals surface area contributed by atoms with Gasteiger partial charge in [-0.2, -0.15) is 0 Å². The van der Waals surface area contributed by atoms with Crippen LogP contribution in [0.4, 0.5) is 0 Å². The van der Waals surface area contributed by atoms with Crippen molar-refractivity contribution in [1.29, 1.82) is 0 Å². The third-order valence-corrected chi connectivity index (χ3v) is 1.12. The quantitative estimate of drug-likeness (QED) is 0.588. The van der Waals surface area contributed by atoms with E-state index in [9.17, 15) is 0 Å². The van der Waals surface area contributed by atoms with Gasteiger partial charge in [0.05, 0.1) is 0 Å². The summed E-state index contributed by atoms with van der Waals surface area (Å²) in [7, 11) is 0. The summed E-state index contributed by atoms with van der Waals surface area (Å²) >= 11 is 0. The largest absolute Gasteiger partial charge is 0.396 e. The third kappa shape index (κ3) is 2.80. The molecule has 0 aromatic carbocycles. The predicted octanol–water partition coefficient (Wildman–Crippen LogP) is 1.54. The molecule has 0 aliphatic rings. The van der Waals surface area contributed by atoms with Crippen molar-refractivity contribution in [3.05, 3.63) is 18.1 Å². The van der Waals surface area contributed by atoms with E-state index in [0.29, 0.717) is 6.42 Å². The van der Waals surface area contributed by atoms with Crippen molar-refractivity contribution in [3.8, 4) is 0 Å². The van der Waals surface area contributed by atoms with E-state index < -0.39 is 0 Å². The fraction of sp³-hybridized carbons (Fsp3) is 0.571.